The molecule has 404 valence electrons. The second-order valence-corrected chi connectivity index (χ2v) is 25.4. The highest BCUT2D eigenvalue weighted by Crippen LogP contribution is 2.61. The van der Waals surface area contributed by atoms with Gasteiger partial charge >= 0.3 is 0 Å². The molecule has 12 aromatic carbocycles. The first-order valence-corrected chi connectivity index (χ1v) is 29.8. The Labute approximate surface area is 492 Å². The van der Waals surface area contributed by atoms with Gasteiger partial charge in [-0.3, -0.25) is 0 Å². The minimum Gasteiger partial charge on any atom is -0.455 e. The summed E-state index contributed by atoms with van der Waals surface area (Å²) in [5.74, 6) is 0. The molecule has 0 saturated carbocycles. The van der Waals surface area contributed by atoms with E-state index in [0.717, 1.165) is 100 Å². The van der Waals surface area contributed by atoms with E-state index in [4.69, 9.17) is 13.3 Å². The van der Waals surface area contributed by atoms with Crippen molar-refractivity contribution in [2.24, 2.45) is 0 Å². The fraction of sp³-hybridized carbons (Fsp3) is 0.111. The van der Waals surface area contributed by atoms with Gasteiger partial charge in [-0.2, -0.15) is 0 Å². The van der Waals surface area contributed by atoms with Gasteiger partial charge in [-0.25, -0.2) is 0 Å². The summed E-state index contributed by atoms with van der Waals surface area (Å²) in [6, 6.07) is 86.9. The van der Waals surface area contributed by atoms with Crippen LogP contribution in [0.3, 0.4) is 0 Å². The third-order valence-corrected chi connectivity index (χ3v) is 19.8. The molecule has 0 amide bonds. The molecule has 85 heavy (non-hydrogen) atoms. The van der Waals surface area contributed by atoms with Crippen LogP contribution in [0.4, 0.5) is 17.1 Å². The Morgan fingerprint density at radius 1 is 0.259 bits per heavy atom. The topological polar surface area (TPSA) is 42.7 Å². The second kappa shape index (κ2) is 17.0. The van der Waals surface area contributed by atoms with Crippen molar-refractivity contribution in [2.75, 3.05) is 4.90 Å². The largest absolute Gasteiger partial charge is 0.455 e. The van der Waals surface area contributed by atoms with Crippen molar-refractivity contribution in [3.63, 3.8) is 0 Å². The quantitative estimate of drug-likeness (QED) is 0.166. The van der Waals surface area contributed by atoms with Crippen LogP contribution in [0.1, 0.15) is 74.9 Å². The van der Waals surface area contributed by atoms with Crippen molar-refractivity contribution >= 4 is 82.9 Å². The van der Waals surface area contributed by atoms with Gasteiger partial charge in [0, 0.05) is 82.3 Å². The Bertz CT molecular complexity index is 4840. The standard InChI is InChI=1S/C81H57NO3/c1-79(2)61-40-49(34-37-52(61)70-64(79)43-58(46-22-10-7-11-23-46)76-73(70)55-28-16-19-31-67(55)83-76)82(50-35-38-53-62(41-50)80(3,4)65-44-59(47-24-12-8-13-25-47)77-74(71(53)65)56-29-17-20-32-68(56)84-77)51-36-39-54-63(42-51)81(5,6)66-45-60(48-26-14-9-15-27-48)78-75(72(54)66)57-30-18-21-33-69(57)85-78/h7-45H,1-6H3. The molecular formula is C81H57NO3. The van der Waals surface area contributed by atoms with Crippen LogP contribution < -0.4 is 4.90 Å². The van der Waals surface area contributed by atoms with Gasteiger partial charge in [-0.1, -0.05) is 205 Å². The second-order valence-electron chi connectivity index (χ2n) is 25.4. The molecule has 3 aliphatic rings. The molecular weight excluding hydrogens is 1030 g/mol. The lowest BCUT2D eigenvalue weighted by molar-refractivity contribution is 0.657. The zero-order valence-electron chi connectivity index (χ0n) is 48.2. The predicted octanol–water partition coefficient (Wildman–Crippen LogP) is 22.8. The van der Waals surface area contributed by atoms with Gasteiger partial charge < -0.3 is 18.2 Å². The van der Waals surface area contributed by atoms with Crippen molar-refractivity contribution in [2.45, 2.75) is 57.8 Å². The number of anilines is 3. The van der Waals surface area contributed by atoms with Crippen LogP contribution in [-0.2, 0) is 16.2 Å². The number of furan rings is 3. The third kappa shape index (κ3) is 6.52. The summed E-state index contributed by atoms with van der Waals surface area (Å²) in [6.45, 7) is 14.5. The van der Waals surface area contributed by atoms with E-state index in [2.05, 4.69) is 283 Å². The monoisotopic (exact) mass is 1090 g/mol. The van der Waals surface area contributed by atoms with Crippen molar-refractivity contribution in [3.8, 4) is 66.8 Å². The highest BCUT2D eigenvalue weighted by molar-refractivity contribution is 6.22. The van der Waals surface area contributed by atoms with Gasteiger partial charge in [0.2, 0.25) is 0 Å². The van der Waals surface area contributed by atoms with Gasteiger partial charge in [0.15, 0.2) is 0 Å². The molecule has 0 atom stereocenters. The molecule has 18 rings (SSSR count). The maximum Gasteiger partial charge on any atom is 0.143 e. The Morgan fingerprint density at radius 2 is 0.529 bits per heavy atom. The lowest BCUT2D eigenvalue weighted by atomic mass is 9.80. The zero-order valence-corrected chi connectivity index (χ0v) is 48.2. The van der Waals surface area contributed by atoms with Gasteiger partial charge in [0.05, 0.1) is 0 Å². The summed E-state index contributed by atoms with van der Waals surface area (Å²) in [7, 11) is 0. The Hall–Kier alpha value is -10.2. The van der Waals surface area contributed by atoms with E-state index in [1.807, 2.05) is 0 Å². The minimum atomic E-state index is -0.365. The molecule has 3 aliphatic carbocycles. The average Bonchev–Trinajstić information content (AvgIpc) is 1.78. The summed E-state index contributed by atoms with van der Waals surface area (Å²) in [6.07, 6.45) is 0. The van der Waals surface area contributed by atoms with E-state index in [1.54, 1.807) is 0 Å². The Balaban J connectivity index is 0.870. The van der Waals surface area contributed by atoms with Crippen LogP contribution in [0, 0.1) is 0 Å². The minimum absolute atomic E-state index is 0.365. The van der Waals surface area contributed by atoms with Gasteiger partial charge in [-0.05, 0) is 156 Å². The molecule has 0 aliphatic heterocycles. The average molecular weight is 1090 g/mol. The molecule has 3 aromatic heterocycles. The predicted molar refractivity (Wildman–Crippen MR) is 352 cm³/mol. The molecule has 0 N–H and O–H groups in total. The SMILES string of the molecule is CC1(C)c2cc(N(c3ccc4c(c3)C(C)(C)c3cc(-c5ccccc5)c5oc6ccccc6c5c3-4)c3ccc4c(c3)C(C)(C)c3cc(-c5ccccc5)c5oc6ccccc6c5c3-4)ccc2-c2c1cc(-c1ccccc1)c1oc3ccccc3c21. The van der Waals surface area contributed by atoms with Crippen molar-refractivity contribution < 1.29 is 13.3 Å². The molecule has 0 saturated heterocycles. The molecule has 15 aromatic rings. The zero-order chi connectivity index (χ0) is 56.8. The van der Waals surface area contributed by atoms with Crippen LogP contribution in [0.5, 0.6) is 0 Å². The van der Waals surface area contributed by atoms with E-state index in [9.17, 15) is 0 Å². The molecule has 0 fully saturated rings. The number of fused-ring (bicyclic) bond motifs is 21. The van der Waals surface area contributed by atoms with Crippen LogP contribution in [0.25, 0.3) is 133 Å². The molecule has 4 heteroatoms. The summed E-state index contributed by atoms with van der Waals surface area (Å²) in [5, 5.41) is 6.94. The smallest absolute Gasteiger partial charge is 0.143 e. The molecule has 3 heterocycles. The number of nitrogens with zero attached hydrogens (tertiary/aromatic N) is 1. The number of benzene rings is 12. The van der Waals surface area contributed by atoms with E-state index < -0.39 is 0 Å². The van der Waals surface area contributed by atoms with Crippen LogP contribution in [0.15, 0.2) is 250 Å². The maximum absolute atomic E-state index is 6.90. The highest BCUT2D eigenvalue weighted by Gasteiger charge is 2.43. The molecule has 0 spiro atoms. The number of rotatable bonds is 6. The highest BCUT2D eigenvalue weighted by atomic mass is 16.3. The van der Waals surface area contributed by atoms with Crippen molar-refractivity contribution in [1.82, 2.24) is 0 Å². The van der Waals surface area contributed by atoms with E-state index in [-0.39, 0.29) is 16.2 Å². The number of para-hydroxylation sites is 3. The lowest BCUT2D eigenvalue weighted by Gasteiger charge is -2.31. The summed E-state index contributed by atoms with van der Waals surface area (Å²) >= 11 is 0. The van der Waals surface area contributed by atoms with Gasteiger partial charge in [-0.15, -0.1) is 0 Å². The first-order chi connectivity index (χ1) is 41.4. The number of hydrogen-bond acceptors (Lipinski definition) is 4. The summed E-state index contributed by atoms with van der Waals surface area (Å²) < 4.78 is 20.7. The van der Waals surface area contributed by atoms with Crippen LogP contribution in [-0.4, -0.2) is 0 Å². The maximum atomic E-state index is 6.90. The fourth-order valence-corrected chi connectivity index (χ4v) is 15.6. The van der Waals surface area contributed by atoms with Crippen LogP contribution in [0.2, 0.25) is 0 Å². The first kappa shape index (κ1) is 48.4. The summed E-state index contributed by atoms with van der Waals surface area (Å²) in [5.41, 5.74) is 29.7. The number of hydrogen-bond donors (Lipinski definition) is 0. The first-order valence-electron chi connectivity index (χ1n) is 29.8. The molecule has 4 nitrogen and oxygen atoms in total. The molecule has 0 unspecified atom stereocenters. The molecule has 0 bridgehead atoms. The van der Waals surface area contributed by atoms with Gasteiger partial charge in [0.25, 0.3) is 0 Å². The molecule has 0 radical (unpaired) electrons. The summed E-state index contributed by atoms with van der Waals surface area (Å²) in [4.78, 5) is 2.53. The van der Waals surface area contributed by atoms with Crippen LogP contribution >= 0.6 is 0 Å². The van der Waals surface area contributed by atoms with Crippen molar-refractivity contribution in [1.29, 1.82) is 0 Å². The third-order valence-electron chi connectivity index (χ3n) is 19.8. The van der Waals surface area contributed by atoms with Gasteiger partial charge in [0.1, 0.15) is 33.5 Å². The van der Waals surface area contributed by atoms with E-state index >= 15 is 0 Å². The van der Waals surface area contributed by atoms with E-state index in [1.165, 1.54) is 82.9 Å². The Morgan fingerprint density at radius 3 is 0.824 bits per heavy atom. The van der Waals surface area contributed by atoms with Crippen molar-refractivity contribution in [3.05, 3.63) is 270 Å². The normalized spacial score (nSPS) is 14.8. The lowest BCUT2D eigenvalue weighted by Crippen LogP contribution is -2.19. The Kier molecular flexibility index (Phi) is 9.67. The van der Waals surface area contributed by atoms with E-state index in [0.29, 0.717) is 0 Å². The fourth-order valence-electron chi connectivity index (χ4n) is 15.6.